The number of halogens is 1. The first-order chi connectivity index (χ1) is 11.1. The predicted molar refractivity (Wildman–Crippen MR) is 89.2 cm³/mol. The van der Waals surface area contributed by atoms with E-state index >= 15 is 0 Å². The van der Waals surface area contributed by atoms with Crippen molar-refractivity contribution in [2.45, 2.75) is 0 Å². The number of hydrogen-bond donors (Lipinski definition) is 1. The fraction of sp³-hybridized carbons (Fsp3) is 0. The second-order valence-electron chi connectivity index (χ2n) is 4.77. The Labute approximate surface area is 137 Å². The van der Waals surface area contributed by atoms with Gasteiger partial charge in [-0.2, -0.15) is 5.10 Å². The van der Waals surface area contributed by atoms with Gasteiger partial charge in [0.15, 0.2) is 5.69 Å². The molecule has 23 heavy (non-hydrogen) atoms. The highest BCUT2D eigenvalue weighted by Crippen LogP contribution is 2.13. The molecule has 0 radical (unpaired) electrons. The zero-order valence-corrected chi connectivity index (χ0v) is 12.7. The van der Waals surface area contributed by atoms with Gasteiger partial charge in [0.1, 0.15) is 0 Å². The predicted octanol–water partition coefficient (Wildman–Crippen LogP) is 3.14. The van der Waals surface area contributed by atoms with Crippen molar-refractivity contribution >= 4 is 23.2 Å². The van der Waals surface area contributed by atoms with E-state index in [1.807, 2.05) is 6.07 Å². The van der Waals surface area contributed by atoms with Gasteiger partial charge in [-0.15, -0.1) is 0 Å². The van der Waals surface area contributed by atoms with Gasteiger partial charge >= 0.3 is 0 Å². The van der Waals surface area contributed by atoms with Crippen LogP contribution in [0, 0.1) is 0 Å². The molecular weight excluding hydrogens is 314 g/mol. The Morgan fingerprint density at radius 2 is 1.83 bits per heavy atom. The molecule has 0 bridgehead atoms. The van der Waals surface area contributed by atoms with Crippen LogP contribution in [0.3, 0.4) is 0 Å². The van der Waals surface area contributed by atoms with E-state index in [1.54, 1.807) is 48.5 Å². The summed E-state index contributed by atoms with van der Waals surface area (Å²) in [4.78, 5) is 24.2. The Hall–Kier alpha value is -2.92. The van der Waals surface area contributed by atoms with Crippen LogP contribution in [-0.2, 0) is 0 Å². The molecule has 0 aliphatic carbocycles. The lowest BCUT2D eigenvalue weighted by Crippen LogP contribution is -2.25. The van der Waals surface area contributed by atoms with E-state index in [0.29, 0.717) is 16.4 Å². The van der Waals surface area contributed by atoms with Crippen molar-refractivity contribution in [2.75, 3.05) is 5.32 Å². The summed E-state index contributed by atoms with van der Waals surface area (Å²) in [6.45, 7) is 0. The van der Waals surface area contributed by atoms with Crippen molar-refractivity contribution in [2.24, 2.45) is 0 Å². The van der Waals surface area contributed by atoms with E-state index in [2.05, 4.69) is 10.4 Å². The number of benzene rings is 2. The van der Waals surface area contributed by atoms with Gasteiger partial charge in [-0.25, -0.2) is 4.68 Å². The molecule has 3 rings (SSSR count). The molecule has 0 atom stereocenters. The minimum Gasteiger partial charge on any atom is -0.320 e. The van der Waals surface area contributed by atoms with Crippen molar-refractivity contribution in [3.05, 3.63) is 87.8 Å². The van der Waals surface area contributed by atoms with E-state index in [9.17, 15) is 9.59 Å². The molecule has 0 unspecified atom stereocenters. The number of aromatic nitrogens is 2. The highest BCUT2D eigenvalue weighted by atomic mass is 35.5. The quantitative estimate of drug-likeness (QED) is 0.804. The van der Waals surface area contributed by atoms with E-state index in [-0.39, 0.29) is 5.69 Å². The number of anilines is 1. The molecule has 1 heterocycles. The summed E-state index contributed by atoms with van der Waals surface area (Å²) in [5.74, 6) is -0.558. The summed E-state index contributed by atoms with van der Waals surface area (Å²) in [5.41, 5.74) is 0.621. The second kappa shape index (κ2) is 6.46. The van der Waals surface area contributed by atoms with Gasteiger partial charge in [0, 0.05) is 23.0 Å². The number of carbonyl (C=O) groups excluding carboxylic acids is 1. The van der Waals surface area contributed by atoms with Crippen LogP contribution in [0.2, 0.25) is 5.02 Å². The van der Waals surface area contributed by atoms with Crippen LogP contribution < -0.4 is 10.7 Å². The third-order valence-corrected chi connectivity index (χ3v) is 3.36. The molecule has 1 aromatic heterocycles. The summed E-state index contributed by atoms with van der Waals surface area (Å²) in [7, 11) is 0. The minimum atomic E-state index is -0.558. The van der Waals surface area contributed by atoms with Crippen LogP contribution >= 0.6 is 11.6 Å². The molecule has 114 valence electrons. The molecule has 0 saturated carbocycles. The highest BCUT2D eigenvalue weighted by molar-refractivity contribution is 6.30. The number of nitrogens with one attached hydrogen (secondary N) is 1. The van der Waals surface area contributed by atoms with Crippen molar-refractivity contribution in [3.8, 4) is 5.69 Å². The average Bonchev–Trinajstić information content (AvgIpc) is 2.56. The Balaban J connectivity index is 1.95. The van der Waals surface area contributed by atoms with Crippen LogP contribution in [0.4, 0.5) is 5.69 Å². The largest absolute Gasteiger partial charge is 0.320 e. The van der Waals surface area contributed by atoms with Gasteiger partial charge < -0.3 is 5.32 Å². The molecule has 3 aromatic rings. The smallest absolute Gasteiger partial charge is 0.280 e. The zero-order valence-electron chi connectivity index (χ0n) is 11.9. The van der Waals surface area contributed by atoms with Crippen molar-refractivity contribution in [1.29, 1.82) is 0 Å². The van der Waals surface area contributed by atoms with Gasteiger partial charge in [-0.1, -0.05) is 35.9 Å². The van der Waals surface area contributed by atoms with E-state index in [4.69, 9.17) is 11.6 Å². The Morgan fingerprint density at radius 1 is 1.04 bits per heavy atom. The van der Waals surface area contributed by atoms with Crippen molar-refractivity contribution in [1.82, 2.24) is 9.78 Å². The first-order valence-corrected chi connectivity index (χ1v) is 7.23. The molecule has 2 aromatic carbocycles. The van der Waals surface area contributed by atoms with E-state index in [1.165, 1.54) is 16.9 Å². The third-order valence-electron chi connectivity index (χ3n) is 3.13. The van der Waals surface area contributed by atoms with Gasteiger partial charge in [-0.05, 0) is 30.3 Å². The topological polar surface area (TPSA) is 64.0 Å². The molecule has 0 fully saturated rings. The van der Waals surface area contributed by atoms with Crippen molar-refractivity contribution < 1.29 is 4.79 Å². The van der Waals surface area contributed by atoms with Crippen LogP contribution in [0.1, 0.15) is 10.5 Å². The van der Waals surface area contributed by atoms with Gasteiger partial charge in [0.2, 0.25) is 5.43 Å². The normalized spacial score (nSPS) is 10.3. The van der Waals surface area contributed by atoms with Crippen molar-refractivity contribution in [3.63, 3.8) is 0 Å². The standard InChI is InChI=1S/C17H12ClN3O2/c18-12-5-4-8-14(11-12)21-10-9-15(22)16(20-21)17(23)19-13-6-2-1-3-7-13/h1-11H,(H,19,23). The summed E-state index contributed by atoms with van der Waals surface area (Å²) in [6.07, 6.45) is 1.49. The zero-order chi connectivity index (χ0) is 16.2. The van der Waals surface area contributed by atoms with Crippen LogP contribution in [0.25, 0.3) is 5.69 Å². The summed E-state index contributed by atoms with van der Waals surface area (Å²) < 4.78 is 1.44. The van der Waals surface area contributed by atoms with Gasteiger partial charge in [0.25, 0.3) is 5.91 Å². The molecule has 1 amide bonds. The molecule has 0 spiro atoms. The second-order valence-corrected chi connectivity index (χ2v) is 5.21. The number of carbonyl (C=O) groups is 1. The number of amides is 1. The van der Waals surface area contributed by atoms with E-state index < -0.39 is 11.3 Å². The minimum absolute atomic E-state index is 0.184. The third kappa shape index (κ3) is 3.46. The molecule has 0 saturated heterocycles. The molecular formula is C17H12ClN3O2. The molecule has 0 aliphatic rings. The van der Waals surface area contributed by atoms with Crippen LogP contribution in [0.15, 0.2) is 71.7 Å². The number of para-hydroxylation sites is 1. The first kappa shape index (κ1) is 15.0. The average molecular weight is 326 g/mol. The number of hydrogen-bond acceptors (Lipinski definition) is 3. The first-order valence-electron chi connectivity index (χ1n) is 6.86. The maximum atomic E-state index is 12.3. The molecule has 1 N–H and O–H groups in total. The summed E-state index contributed by atoms with van der Waals surface area (Å²) in [5, 5.41) is 7.30. The maximum absolute atomic E-state index is 12.3. The Morgan fingerprint density at radius 3 is 2.57 bits per heavy atom. The maximum Gasteiger partial charge on any atom is 0.280 e. The monoisotopic (exact) mass is 325 g/mol. The lowest BCUT2D eigenvalue weighted by Gasteiger charge is -2.08. The summed E-state index contributed by atoms with van der Waals surface area (Å²) in [6, 6.07) is 17.2. The van der Waals surface area contributed by atoms with E-state index in [0.717, 1.165) is 0 Å². The Kier molecular flexibility index (Phi) is 4.21. The number of nitrogens with zero attached hydrogens (tertiary/aromatic N) is 2. The highest BCUT2D eigenvalue weighted by Gasteiger charge is 2.13. The van der Waals surface area contributed by atoms with Gasteiger partial charge in [0.05, 0.1) is 5.69 Å². The van der Waals surface area contributed by atoms with Gasteiger partial charge in [-0.3, -0.25) is 9.59 Å². The van der Waals surface area contributed by atoms with Crippen LogP contribution in [0.5, 0.6) is 0 Å². The SMILES string of the molecule is O=C(Nc1ccccc1)c1nn(-c2cccc(Cl)c2)ccc1=O. The summed E-state index contributed by atoms with van der Waals surface area (Å²) >= 11 is 5.95. The lowest BCUT2D eigenvalue weighted by molar-refractivity contribution is 0.101. The Bertz CT molecular complexity index is 907. The molecule has 6 heteroatoms. The number of rotatable bonds is 3. The fourth-order valence-corrected chi connectivity index (χ4v) is 2.22. The fourth-order valence-electron chi connectivity index (χ4n) is 2.04. The lowest BCUT2D eigenvalue weighted by atomic mass is 10.3. The molecule has 5 nitrogen and oxygen atoms in total. The molecule has 0 aliphatic heterocycles. The van der Waals surface area contributed by atoms with Crippen LogP contribution in [-0.4, -0.2) is 15.7 Å².